The molecule has 3 aliphatic rings. The summed E-state index contributed by atoms with van der Waals surface area (Å²) in [7, 11) is 4.39. The second kappa shape index (κ2) is 14.7. The number of nitrogens with zero attached hydrogens (tertiary/aromatic N) is 2. The minimum Gasteiger partial charge on any atom is -1.00 e. The number of hydrogen-bond acceptors (Lipinski definition) is 4. The number of quaternary nitrogens is 2. The number of piperidine rings is 2. The highest BCUT2D eigenvalue weighted by Crippen LogP contribution is 2.37. The highest BCUT2D eigenvalue weighted by molar-refractivity contribution is 6.32. The number of anilines is 2. The van der Waals surface area contributed by atoms with Gasteiger partial charge in [-0.3, -0.25) is 19.2 Å². The largest absolute Gasteiger partial charge is 1.00 e. The third-order valence-electron chi connectivity index (χ3n) is 9.17. The molecule has 0 spiro atoms. The molecule has 5 rings (SSSR count). The van der Waals surface area contributed by atoms with Gasteiger partial charge in [-0.2, -0.15) is 0 Å². The average Bonchev–Trinajstić information content (AvgIpc) is 2.95. The molecule has 2 N–H and O–H groups in total. The normalized spacial score (nSPS) is 18.4. The molecule has 2 aromatic rings. The average molecular weight is 801 g/mol. The molecular formula is C32H42I2N4O4. The molecule has 10 heteroatoms. The fourth-order valence-corrected chi connectivity index (χ4v) is 6.60. The van der Waals surface area contributed by atoms with Crippen molar-refractivity contribution in [2.45, 2.75) is 51.4 Å². The van der Waals surface area contributed by atoms with Crippen molar-refractivity contribution in [2.75, 3.05) is 64.0 Å². The number of benzene rings is 2. The number of nitrogens with one attached hydrogen (secondary N) is 2. The van der Waals surface area contributed by atoms with Crippen molar-refractivity contribution in [2.24, 2.45) is 0 Å². The molecule has 0 radical (unpaired) electrons. The SMILES string of the molecule is C[N+]1(CCC(=O)Nc2ccc(NC(=O)CC[N+]3(C)CCCCC3)c3c2C(=O)c2ccccc2C3=O)CCCCC1.[I-].[I-]. The van der Waals surface area contributed by atoms with Crippen molar-refractivity contribution < 1.29 is 76.1 Å². The van der Waals surface area contributed by atoms with E-state index in [1.807, 2.05) is 0 Å². The molecule has 0 atom stereocenters. The number of carbonyl (C=O) groups is 4. The quantitative estimate of drug-likeness (QED) is 0.212. The maximum Gasteiger partial charge on any atom is 0.230 e. The van der Waals surface area contributed by atoms with E-state index in [-0.39, 0.29) is 82.5 Å². The smallest absolute Gasteiger partial charge is 0.230 e. The highest BCUT2D eigenvalue weighted by Gasteiger charge is 2.35. The summed E-state index contributed by atoms with van der Waals surface area (Å²) in [4.78, 5) is 53.5. The van der Waals surface area contributed by atoms with Gasteiger partial charge in [-0.15, -0.1) is 0 Å². The van der Waals surface area contributed by atoms with Gasteiger partial charge in [0.1, 0.15) is 0 Å². The van der Waals surface area contributed by atoms with E-state index in [0.717, 1.165) is 48.2 Å². The zero-order valence-corrected chi connectivity index (χ0v) is 29.0. The Labute approximate surface area is 283 Å². The molecule has 2 fully saturated rings. The van der Waals surface area contributed by atoms with Crippen LogP contribution in [-0.4, -0.2) is 85.7 Å². The van der Waals surface area contributed by atoms with Gasteiger partial charge in [0.05, 0.1) is 88.7 Å². The minimum absolute atomic E-state index is 0. The van der Waals surface area contributed by atoms with Crippen molar-refractivity contribution in [1.29, 1.82) is 0 Å². The summed E-state index contributed by atoms with van der Waals surface area (Å²) in [5.74, 6) is -1.00. The second-order valence-electron chi connectivity index (χ2n) is 12.4. The highest BCUT2D eigenvalue weighted by atomic mass is 127. The molecule has 1 aliphatic carbocycles. The molecule has 2 amide bonds. The van der Waals surface area contributed by atoms with E-state index in [4.69, 9.17) is 0 Å². The Morgan fingerprint density at radius 3 is 1.33 bits per heavy atom. The number of fused-ring (bicyclic) bond motifs is 2. The lowest BCUT2D eigenvalue weighted by Gasteiger charge is -2.37. The molecule has 0 unspecified atom stereocenters. The predicted octanol–water partition coefficient (Wildman–Crippen LogP) is -1.61. The Kier molecular flexibility index (Phi) is 12.1. The first-order valence-electron chi connectivity index (χ1n) is 14.8. The van der Waals surface area contributed by atoms with Crippen LogP contribution in [0.2, 0.25) is 0 Å². The molecule has 228 valence electrons. The van der Waals surface area contributed by atoms with E-state index in [2.05, 4.69) is 24.7 Å². The number of hydrogen-bond donors (Lipinski definition) is 2. The molecule has 2 heterocycles. The van der Waals surface area contributed by atoms with Crippen molar-refractivity contribution in [3.8, 4) is 0 Å². The Balaban J connectivity index is 0.00000242. The topological polar surface area (TPSA) is 92.3 Å². The second-order valence-corrected chi connectivity index (χ2v) is 12.4. The van der Waals surface area contributed by atoms with Gasteiger partial charge in [0.25, 0.3) is 0 Å². The van der Waals surface area contributed by atoms with E-state index in [9.17, 15) is 19.2 Å². The van der Waals surface area contributed by atoms with E-state index in [0.29, 0.717) is 35.3 Å². The number of ketones is 2. The minimum atomic E-state index is -0.321. The number of likely N-dealkylation sites (tertiary alicyclic amines) is 2. The fourth-order valence-electron chi connectivity index (χ4n) is 6.60. The number of carbonyl (C=O) groups excluding carboxylic acids is 4. The summed E-state index contributed by atoms with van der Waals surface area (Å²) in [5, 5.41) is 5.85. The first kappa shape index (κ1) is 34.6. The monoisotopic (exact) mass is 800 g/mol. The van der Waals surface area contributed by atoms with Gasteiger partial charge in [-0.25, -0.2) is 0 Å². The van der Waals surface area contributed by atoms with Crippen LogP contribution in [0.15, 0.2) is 36.4 Å². The van der Waals surface area contributed by atoms with Crippen LogP contribution in [0, 0.1) is 0 Å². The van der Waals surface area contributed by atoms with Crippen molar-refractivity contribution in [3.05, 3.63) is 58.7 Å². The maximum absolute atomic E-state index is 13.7. The van der Waals surface area contributed by atoms with E-state index < -0.39 is 0 Å². The summed E-state index contributed by atoms with van der Waals surface area (Å²) in [5.41, 5.74) is 1.57. The first-order chi connectivity index (χ1) is 19.2. The van der Waals surface area contributed by atoms with E-state index >= 15 is 0 Å². The van der Waals surface area contributed by atoms with Gasteiger partial charge < -0.3 is 67.6 Å². The number of rotatable bonds is 8. The van der Waals surface area contributed by atoms with Crippen LogP contribution >= 0.6 is 0 Å². The van der Waals surface area contributed by atoms with Crippen LogP contribution in [0.4, 0.5) is 11.4 Å². The summed E-state index contributed by atoms with van der Waals surface area (Å²) >= 11 is 0. The van der Waals surface area contributed by atoms with Gasteiger partial charge in [0.15, 0.2) is 11.6 Å². The molecule has 0 saturated carbocycles. The van der Waals surface area contributed by atoms with Crippen LogP contribution in [-0.2, 0) is 9.59 Å². The lowest BCUT2D eigenvalue weighted by atomic mass is 9.82. The molecule has 0 aromatic heterocycles. The summed E-state index contributed by atoms with van der Waals surface area (Å²) < 4.78 is 1.75. The Bertz CT molecular complexity index is 1230. The molecule has 2 saturated heterocycles. The lowest BCUT2D eigenvalue weighted by molar-refractivity contribution is -0.913. The van der Waals surface area contributed by atoms with E-state index in [1.54, 1.807) is 36.4 Å². The van der Waals surface area contributed by atoms with Crippen LogP contribution < -0.4 is 58.6 Å². The van der Waals surface area contributed by atoms with Crippen molar-refractivity contribution in [1.82, 2.24) is 0 Å². The molecule has 2 aliphatic heterocycles. The lowest BCUT2D eigenvalue weighted by Crippen LogP contribution is -3.00. The van der Waals surface area contributed by atoms with Gasteiger partial charge in [-0.05, 0) is 50.7 Å². The standard InChI is InChI=1S/C32H40N4O4.2HI/c1-35(17-7-3-8-18-35)21-15-27(37)33-25-13-14-26(34-28(38)16-22-36(2)19-9-4-10-20-36)30-29(25)31(39)23-11-5-6-12-24(23)32(30)40;;/h5-6,11-14H,3-4,7-10,15-22H2,1-2H3;2*1H. The van der Waals surface area contributed by atoms with Crippen LogP contribution in [0.25, 0.3) is 0 Å². The molecule has 0 bridgehead atoms. The molecule has 42 heavy (non-hydrogen) atoms. The zero-order chi connectivity index (χ0) is 28.3. The number of amides is 2. The Morgan fingerprint density at radius 2 is 0.976 bits per heavy atom. The third kappa shape index (κ3) is 7.78. The van der Waals surface area contributed by atoms with Crippen LogP contribution in [0.3, 0.4) is 0 Å². The summed E-state index contributed by atoms with van der Waals surface area (Å²) in [6.45, 7) is 5.74. The summed E-state index contributed by atoms with van der Waals surface area (Å²) in [6, 6.07) is 10.0. The van der Waals surface area contributed by atoms with Crippen LogP contribution in [0.5, 0.6) is 0 Å². The Morgan fingerprint density at radius 1 is 0.619 bits per heavy atom. The molecule has 2 aromatic carbocycles. The number of halogens is 2. The zero-order valence-electron chi connectivity index (χ0n) is 24.6. The van der Waals surface area contributed by atoms with Gasteiger partial charge >= 0.3 is 0 Å². The molecular weight excluding hydrogens is 758 g/mol. The van der Waals surface area contributed by atoms with Crippen molar-refractivity contribution >= 4 is 34.8 Å². The summed E-state index contributed by atoms with van der Waals surface area (Å²) in [6.07, 6.45) is 7.84. The van der Waals surface area contributed by atoms with E-state index in [1.165, 1.54) is 38.5 Å². The van der Waals surface area contributed by atoms with Gasteiger partial charge in [-0.1, -0.05) is 24.3 Å². The fraction of sp³-hybridized carbons (Fsp3) is 0.500. The predicted molar refractivity (Wildman–Crippen MR) is 156 cm³/mol. The van der Waals surface area contributed by atoms with Crippen molar-refractivity contribution in [3.63, 3.8) is 0 Å². The van der Waals surface area contributed by atoms with Gasteiger partial charge in [0.2, 0.25) is 11.8 Å². The maximum atomic E-state index is 13.7. The Hall–Kier alpha value is -1.90. The van der Waals surface area contributed by atoms with Gasteiger partial charge in [0, 0.05) is 11.1 Å². The van der Waals surface area contributed by atoms with Crippen LogP contribution in [0.1, 0.15) is 83.2 Å². The third-order valence-corrected chi connectivity index (χ3v) is 9.17. The first-order valence-corrected chi connectivity index (χ1v) is 14.8. The molecule has 8 nitrogen and oxygen atoms in total.